The van der Waals surface area contributed by atoms with E-state index in [1.165, 1.54) is 0 Å². The fraction of sp³-hybridized carbons (Fsp3) is 0.136. The van der Waals surface area contributed by atoms with Gasteiger partial charge >= 0.3 is 0 Å². The summed E-state index contributed by atoms with van der Waals surface area (Å²) in [4.78, 5) is 8.88. The quantitative estimate of drug-likeness (QED) is 0.468. The molecule has 0 aliphatic carbocycles. The van der Waals surface area contributed by atoms with Crippen molar-refractivity contribution in [3.05, 3.63) is 88.9 Å². The Morgan fingerprint density at radius 2 is 1.93 bits per heavy atom. The topological polar surface area (TPSA) is 73.1 Å². The SMILES string of the molecule is CNc1ncccc1-c1noc(C(Oc2cccc(C)c2)c2ccccc2Cl)n1. The Morgan fingerprint density at radius 3 is 2.72 bits per heavy atom. The number of anilines is 1. The van der Waals surface area contributed by atoms with Crippen LogP contribution in [0.1, 0.15) is 23.1 Å². The van der Waals surface area contributed by atoms with Gasteiger partial charge in [0.05, 0.1) is 5.56 Å². The van der Waals surface area contributed by atoms with Crippen LogP contribution in [0.15, 0.2) is 71.4 Å². The number of benzene rings is 2. The Morgan fingerprint density at radius 1 is 1.07 bits per heavy atom. The fourth-order valence-electron chi connectivity index (χ4n) is 3.00. The number of halogens is 1. The molecule has 0 radical (unpaired) electrons. The van der Waals surface area contributed by atoms with Crippen molar-refractivity contribution >= 4 is 17.4 Å². The van der Waals surface area contributed by atoms with Crippen molar-refractivity contribution in [3.8, 4) is 17.1 Å². The predicted molar refractivity (Wildman–Crippen MR) is 112 cm³/mol. The standard InChI is InChI=1S/C22H19ClN4O2/c1-14-7-5-8-15(13-14)28-19(16-9-3-4-11-18(16)23)22-26-21(27-29-22)17-10-6-12-25-20(17)24-2/h3-13,19H,1-2H3,(H,24,25). The molecular weight excluding hydrogens is 388 g/mol. The highest BCUT2D eigenvalue weighted by molar-refractivity contribution is 6.31. The number of aryl methyl sites for hydroxylation is 1. The van der Waals surface area contributed by atoms with Crippen molar-refractivity contribution in [2.75, 3.05) is 12.4 Å². The van der Waals surface area contributed by atoms with Gasteiger partial charge in [0.1, 0.15) is 11.6 Å². The predicted octanol–water partition coefficient (Wildman–Crippen LogP) is 5.30. The van der Waals surface area contributed by atoms with Gasteiger partial charge in [-0.2, -0.15) is 4.98 Å². The van der Waals surface area contributed by atoms with Crippen molar-refractivity contribution in [1.82, 2.24) is 15.1 Å². The second-order valence-corrected chi connectivity index (χ2v) is 6.85. The van der Waals surface area contributed by atoms with Crippen LogP contribution < -0.4 is 10.1 Å². The van der Waals surface area contributed by atoms with E-state index in [0.717, 1.165) is 16.7 Å². The number of nitrogens with zero attached hydrogens (tertiary/aromatic N) is 3. The molecule has 0 saturated heterocycles. The van der Waals surface area contributed by atoms with E-state index in [1.54, 1.807) is 19.3 Å². The van der Waals surface area contributed by atoms with Crippen molar-refractivity contribution in [2.45, 2.75) is 13.0 Å². The van der Waals surface area contributed by atoms with E-state index in [0.29, 0.717) is 28.3 Å². The molecule has 2 heterocycles. The van der Waals surface area contributed by atoms with Crippen LogP contribution in [0.3, 0.4) is 0 Å². The summed E-state index contributed by atoms with van der Waals surface area (Å²) in [7, 11) is 1.79. The van der Waals surface area contributed by atoms with Crippen molar-refractivity contribution in [2.24, 2.45) is 0 Å². The molecule has 4 rings (SSSR count). The van der Waals surface area contributed by atoms with E-state index >= 15 is 0 Å². The third-order valence-corrected chi connectivity index (χ3v) is 4.73. The number of rotatable bonds is 6. The lowest BCUT2D eigenvalue weighted by Crippen LogP contribution is -2.11. The number of hydrogen-bond donors (Lipinski definition) is 1. The molecule has 4 aromatic rings. The Bertz CT molecular complexity index is 1130. The molecule has 146 valence electrons. The zero-order chi connectivity index (χ0) is 20.2. The Labute approximate surface area is 173 Å². The van der Waals surface area contributed by atoms with Crippen LogP contribution in [0.4, 0.5) is 5.82 Å². The van der Waals surface area contributed by atoms with Crippen LogP contribution in [0.25, 0.3) is 11.4 Å². The van der Waals surface area contributed by atoms with Crippen molar-refractivity contribution < 1.29 is 9.26 Å². The van der Waals surface area contributed by atoms with Gasteiger partial charge in [0, 0.05) is 23.8 Å². The fourth-order valence-corrected chi connectivity index (χ4v) is 3.23. The molecule has 29 heavy (non-hydrogen) atoms. The largest absolute Gasteiger partial charge is 0.476 e. The van der Waals surface area contributed by atoms with E-state index in [9.17, 15) is 0 Å². The Balaban J connectivity index is 1.76. The first-order valence-corrected chi connectivity index (χ1v) is 9.48. The molecule has 0 fully saturated rings. The van der Waals surface area contributed by atoms with E-state index in [1.807, 2.05) is 61.5 Å². The van der Waals surface area contributed by atoms with Gasteiger partial charge in [0.15, 0.2) is 0 Å². The molecule has 0 aliphatic heterocycles. The summed E-state index contributed by atoms with van der Waals surface area (Å²) in [6.45, 7) is 2.00. The maximum absolute atomic E-state index is 6.45. The van der Waals surface area contributed by atoms with Gasteiger partial charge in [0.2, 0.25) is 11.9 Å². The van der Waals surface area contributed by atoms with E-state index in [4.69, 9.17) is 20.9 Å². The summed E-state index contributed by atoms with van der Waals surface area (Å²) in [5.74, 6) is 2.07. The minimum Gasteiger partial charge on any atom is -0.476 e. The molecule has 2 aromatic heterocycles. The number of hydrogen-bond acceptors (Lipinski definition) is 6. The number of nitrogens with one attached hydrogen (secondary N) is 1. The highest BCUT2D eigenvalue weighted by Crippen LogP contribution is 2.33. The maximum atomic E-state index is 6.45. The first-order valence-electron chi connectivity index (χ1n) is 9.10. The average molecular weight is 407 g/mol. The van der Waals surface area contributed by atoms with Gasteiger partial charge in [-0.1, -0.05) is 47.1 Å². The molecule has 1 N–H and O–H groups in total. The van der Waals surface area contributed by atoms with Gasteiger partial charge in [-0.15, -0.1) is 0 Å². The molecule has 0 amide bonds. The Hall–Kier alpha value is -3.38. The zero-order valence-corrected chi connectivity index (χ0v) is 16.7. The molecule has 1 unspecified atom stereocenters. The lowest BCUT2D eigenvalue weighted by Gasteiger charge is -2.17. The molecule has 0 spiro atoms. The normalized spacial score (nSPS) is 11.8. The van der Waals surface area contributed by atoms with Crippen LogP contribution in [-0.2, 0) is 0 Å². The second-order valence-electron chi connectivity index (χ2n) is 6.44. The minimum absolute atomic E-state index is 0.306. The van der Waals surface area contributed by atoms with Gasteiger partial charge in [-0.3, -0.25) is 0 Å². The van der Waals surface area contributed by atoms with Gasteiger partial charge in [-0.05, 0) is 42.8 Å². The summed E-state index contributed by atoms with van der Waals surface area (Å²) in [5, 5.41) is 7.73. The highest BCUT2D eigenvalue weighted by atomic mass is 35.5. The second kappa shape index (κ2) is 8.32. The Kier molecular flexibility index (Phi) is 5.44. The lowest BCUT2D eigenvalue weighted by atomic mass is 10.1. The molecular formula is C22H19ClN4O2. The summed E-state index contributed by atoms with van der Waals surface area (Å²) in [5.41, 5.74) is 2.56. The first kappa shape index (κ1) is 19.0. The molecule has 1 atom stereocenters. The zero-order valence-electron chi connectivity index (χ0n) is 16.0. The van der Waals surface area contributed by atoms with Crippen LogP contribution in [0.5, 0.6) is 5.75 Å². The monoisotopic (exact) mass is 406 g/mol. The third-order valence-electron chi connectivity index (χ3n) is 4.38. The molecule has 7 heteroatoms. The molecule has 0 aliphatic rings. The van der Waals surface area contributed by atoms with Crippen LogP contribution in [-0.4, -0.2) is 22.2 Å². The molecule has 0 bridgehead atoms. The van der Waals surface area contributed by atoms with Gasteiger partial charge < -0.3 is 14.6 Å². The van der Waals surface area contributed by atoms with E-state index < -0.39 is 6.10 Å². The maximum Gasteiger partial charge on any atom is 0.272 e. The number of pyridine rings is 1. The lowest BCUT2D eigenvalue weighted by molar-refractivity contribution is 0.193. The third kappa shape index (κ3) is 4.07. The first-order chi connectivity index (χ1) is 14.2. The summed E-state index contributed by atoms with van der Waals surface area (Å²) >= 11 is 6.45. The van der Waals surface area contributed by atoms with Crippen LogP contribution in [0.2, 0.25) is 5.02 Å². The van der Waals surface area contributed by atoms with Gasteiger partial charge in [-0.25, -0.2) is 4.98 Å². The summed E-state index contributed by atoms with van der Waals surface area (Å²) < 4.78 is 11.8. The minimum atomic E-state index is -0.651. The highest BCUT2D eigenvalue weighted by Gasteiger charge is 2.26. The summed E-state index contributed by atoms with van der Waals surface area (Å²) in [6, 6.07) is 18.9. The van der Waals surface area contributed by atoms with Crippen LogP contribution >= 0.6 is 11.6 Å². The molecule has 0 saturated carbocycles. The number of aromatic nitrogens is 3. The number of ether oxygens (including phenoxy) is 1. The van der Waals surface area contributed by atoms with E-state index in [-0.39, 0.29) is 0 Å². The van der Waals surface area contributed by atoms with Crippen LogP contribution in [0, 0.1) is 6.92 Å². The summed E-state index contributed by atoms with van der Waals surface area (Å²) in [6.07, 6.45) is 1.05. The van der Waals surface area contributed by atoms with Crippen molar-refractivity contribution in [3.63, 3.8) is 0 Å². The van der Waals surface area contributed by atoms with E-state index in [2.05, 4.69) is 20.4 Å². The van der Waals surface area contributed by atoms with Gasteiger partial charge in [0.25, 0.3) is 5.89 Å². The van der Waals surface area contributed by atoms with Crippen molar-refractivity contribution in [1.29, 1.82) is 0 Å². The smallest absolute Gasteiger partial charge is 0.272 e. The average Bonchev–Trinajstić information content (AvgIpc) is 3.22. The molecule has 6 nitrogen and oxygen atoms in total. The molecule has 2 aromatic carbocycles.